The minimum absolute atomic E-state index is 0.00945. The molecule has 4 nitrogen and oxygen atoms in total. The summed E-state index contributed by atoms with van der Waals surface area (Å²) in [4.78, 5) is 12.9. The van der Waals surface area contributed by atoms with Gasteiger partial charge in [-0.15, -0.1) is 0 Å². The van der Waals surface area contributed by atoms with Crippen LogP contribution in [0.1, 0.15) is 43.5 Å². The van der Waals surface area contributed by atoms with Crippen molar-refractivity contribution in [2.75, 3.05) is 6.54 Å². The first-order valence-corrected chi connectivity index (χ1v) is 5.64. The highest BCUT2D eigenvalue weighted by atomic mass is 16.4. The second-order valence-corrected chi connectivity index (χ2v) is 3.89. The second-order valence-electron chi connectivity index (χ2n) is 3.89. The molecule has 90 valence electrons. The van der Waals surface area contributed by atoms with Crippen LogP contribution >= 0.6 is 0 Å². The lowest BCUT2D eigenvalue weighted by molar-refractivity contribution is 0.0657. The van der Waals surface area contributed by atoms with E-state index < -0.39 is 5.97 Å². The minimum Gasteiger partial charge on any atom is -0.475 e. The zero-order valence-corrected chi connectivity index (χ0v) is 10.1. The fourth-order valence-electron chi connectivity index (χ4n) is 1.62. The van der Waals surface area contributed by atoms with Crippen molar-refractivity contribution < 1.29 is 14.3 Å². The summed E-state index contributed by atoms with van der Waals surface area (Å²) in [5.41, 5.74) is 0. The van der Waals surface area contributed by atoms with Crippen molar-refractivity contribution in [3.63, 3.8) is 0 Å². The van der Waals surface area contributed by atoms with Gasteiger partial charge in [0.15, 0.2) is 0 Å². The third kappa shape index (κ3) is 3.10. The fourth-order valence-corrected chi connectivity index (χ4v) is 1.62. The van der Waals surface area contributed by atoms with Crippen molar-refractivity contribution in [1.29, 1.82) is 0 Å². The van der Waals surface area contributed by atoms with Gasteiger partial charge >= 0.3 is 5.97 Å². The average Bonchev–Trinajstić information content (AvgIpc) is 2.73. The van der Waals surface area contributed by atoms with Crippen LogP contribution in [0.15, 0.2) is 16.5 Å². The molecular weight excluding hydrogens is 206 g/mol. The van der Waals surface area contributed by atoms with Crippen molar-refractivity contribution in [3.05, 3.63) is 23.7 Å². The van der Waals surface area contributed by atoms with Crippen LogP contribution in [0.25, 0.3) is 0 Å². The van der Waals surface area contributed by atoms with Gasteiger partial charge in [-0.1, -0.05) is 13.8 Å². The molecule has 4 heteroatoms. The Labute approximate surface area is 95.9 Å². The van der Waals surface area contributed by atoms with E-state index in [1.54, 1.807) is 6.07 Å². The Kier molecular flexibility index (Phi) is 4.55. The lowest BCUT2D eigenvalue weighted by Gasteiger charge is -2.25. The molecule has 0 bridgehead atoms. The van der Waals surface area contributed by atoms with Gasteiger partial charge in [0.25, 0.3) is 0 Å². The molecule has 1 rings (SSSR count). The Morgan fingerprint density at radius 1 is 1.50 bits per heavy atom. The van der Waals surface area contributed by atoms with Gasteiger partial charge in [-0.05, 0) is 32.0 Å². The Hall–Kier alpha value is -1.29. The molecule has 1 unspecified atom stereocenters. The van der Waals surface area contributed by atoms with E-state index in [2.05, 4.69) is 25.7 Å². The van der Waals surface area contributed by atoms with Gasteiger partial charge in [0.1, 0.15) is 5.76 Å². The minimum atomic E-state index is -1.02. The summed E-state index contributed by atoms with van der Waals surface area (Å²) >= 11 is 0. The van der Waals surface area contributed by atoms with Gasteiger partial charge < -0.3 is 9.52 Å². The molecule has 16 heavy (non-hydrogen) atoms. The zero-order valence-electron chi connectivity index (χ0n) is 10.1. The molecule has 0 fully saturated rings. The third-order valence-electron chi connectivity index (χ3n) is 2.85. The third-order valence-corrected chi connectivity index (χ3v) is 2.85. The fraction of sp³-hybridized carbons (Fsp3) is 0.583. The lowest BCUT2D eigenvalue weighted by Crippen LogP contribution is -2.31. The maximum Gasteiger partial charge on any atom is 0.371 e. The number of carbonyl (C=O) groups is 1. The molecule has 0 amide bonds. The summed E-state index contributed by atoms with van der Waals surface area (Å²) in [5.74, 6) is -0.299. The number of hydrogen-bond acceptors (Lipinski definition) is 3. The topological polar surface area (TPSA) is 53.7 Å². The highest BCUT2D eigenvalue weighted by molar-refractivity contribution is 5.84. The zero-order chi connectivity index (χ0) is 12.1. The molecule has 1 heterocycles. The largest absolute Gasteiger partial charge is 0.475 e. The van der Waals surface area contributed by atoms with Gasteiger partial charge in [0.2, 0.25) is 5.76 Å². The maximum atomic E-state index is 10.7. The molecular formula is C12H19NO3. The average molecular weight is 225 g/mol. The highest BCUT2D eigenvalue weighted by Gasteiger charge is 2.14. The first kappa shape index (κ1) is 12.8. The van der Waals surface area contributed by atoms with Crippen LogP contribution in [0.2, 0.25) is 0 Å². The number of carboxylic acid groups (broad SMARTS) is 1. The SMILES string of the molecule is CCC(C)N(CC)Cc1ccc(C(=O)O)o1. The molecule has 0 aromatic carbocycles. The molecule has 1 N–H and O–H groups in total. The van der Waals surface area contributed by atoms with Crippen LogP contribution < -0.4 is 0 Å². The molecule has 0 saturated heterocycles. The van der Waals surface area contributed by atoms with E-state index in [4.69, 9.17) is 9.52 Å². The van der Waals surface area contributed by atoms with Gasteiger partial charge in [-0.25, -0.2) is 4.79 Å². The van der Waals surface area contributed by atoms with Crippen molar-refractivity contribution in [2.45, 2.75) is 39.8 Å². The van der Waals surface area contributed by atoms with Crippen LogP contribution in [-0.2, 0) is 6.54 Å². The van der Waals surface area contributed by atoms with E-state index in [0.717, 1.165) is 13.0 Å². The van der Waals surface area contributed by atoms with Gasteiger partial charge in [0.05, 0.1) is 6.54 Å². The monoisotopic (exact) mass is 225 g/mol. The molecule has 0 radical (unpaired) electrons. The Morgan fingerprint density at radius 3 is 2.62 bits per heavy atom. The first-order valence-electron chi connectivity index (χ1n) is 5.64. The van der Waals surface area contributed by atoms with Crippen molar-refractivity contribution >= 4 is 5.97 Å². The predicted octanol–water partition coefficient (Wildman–Crippen LogP) is 2.60. The molecule has 1 aromatic heterocycles. The van der Waals surface area contributed by atoms with E-state index in [0.29, 0.717) is 18.3 Å². The standard InChI is InChI=1S/C12H19NO3/c1-4-9(3)13(5-2)8-10-6-7-11(16-10)12(14)15/h6-7,9H,4-5,8H2,1-3H3,(H,14,15). The summed E-state index contributed by atoms with van der Waals surface area (Å²) in [7, 11) is 0. The highest BCUT2D eigenvalue weighted by Crippen LogP contribution is 2.13. The molecule has 1 atom stereocenters. The Morgan fingerprint density at radius 2 is 2.19 bits per heavy atom. The van der Waals surface area contributed by atoms with Crippen molar-refractivity contribution in [2.24, 2.45) is 0 Å². The number of hydrogen-bond donors (Lipinski definition) is 1. The summed E-state index contributed by atoms with van der Waals surface area (Å²) in [6.07, 6.45) is 1.07. The number of rotatable bonds is 6. The molecule has 0 aliphatic heterocycles. The van der Waals surface area contributed by atoms with E-state index >= 15 is 0 Å². The Balaban J connectivity index is 2.67. The van der Waals surface area contributed by atoms with Gasteiger partial charge in [-0.3, -0.25) is 4.90 Å². The summed E-state index contributed by atoms with van der Waals surface area (Å²) < 4.78 is 5.23. The number of carboxylic acids is 1. The summed E-state index contributed by atoms with van der Waals surface area (Å²) in [6.45, 7) is 7.98. The van der Waals surface area contributed by atoms with Gasteiger partial charge in [0, 0.05) is 6.04 Å². The lowest BCUT2D eigenvalue weighted by atomic mass is 10.2. The van der Waals surface area contributed by atoms with E-state index in [9.17, 15) is 4.79 Å². The molecule has 0 aliphatic rings. The second kappa shape index (κ2) is 5.70. The van der Waals surface area contributed by atoms with E-state index in [-0.39, 0.29) is 5.76 Å². The quantitative estimate of drug-likeness (QED) is 0.808. The van der Waals surface area contributed by atoms with E-state index in [1.165, 1.54) is 6.07 Å². The van der Waals surface area contributed by atoms with Crippen molar-refractivity contribution in [1.82, 2.24) is 4.90 Å². The normalized spacial score (nSPS) is 13.0. The molecule has 0 aliphatic carbocycles. The first-order chi connectivity index (χ1) is 7.58. The summed E-state index contributed by atoms with van der Waals surface area (Å²) in [6, 6.07) is 3.71. The number of aromatic carboxylic acids is 1. The van der Waals surface area contributed by atoms with Crippen LogP contribution in [0, 0.1) is 0 Å². The number of furan rings is 1. The van der Waals surface area contributed by atoms with Crippen LogP contribution in [0.4, 0.5) is 0 Å². The number of nitrogens with zero attached hydrogens (tertiary/aromatic N) is 1. The molecule has 0 spiro atoms. The Bertz CT molecular complexity index is 346. The predicted molar refractivity (Wildman–Crippen MR) is 61.5 cm³/mol. The smallest absolute Gasteiger partial charge is 0.371 e. The van der Waals surface area contributed by atoms with Crippen molar-refractivity contribution in [3.8, 4) is 0 Å². The van der Waals surface area contributed by atoms with Crippen LogP contribution in [0.5, 0.6) is 0 Å². The van der Waals surface area contributed by atoms with Crippen LogP contribution in [-0.4, -0.2) is 28.6 Å². The van der Waals surface area contributed by atoms with Gasteiger partial charge in [-0.2, -0.15) is 0 Å². The maximum absolute atomic E-state index is 10.7. The van der Waals surface area contributed by atoms with Crippen LogP contribution in [0.3, 0.4) is 0 Å². The van der Waals surface area contributed by atoms with E-state index in [1.807, 2.05) is 0 Å². The summed E-state index contributed by atoms with van der Waals surface area (Å²) in [5, 5.41) is 8.74. The molecule has 1 aromatic rings. The molecule has 0 saturated carbocycles.